The average Bonchev–Trinajstić information content (AvgIpc) is 3.61. The van der Waals surface area contributed by atoms with Crippen molar-refractivity contribution in [2.45, 2.75) is 42.4 Å². The summed E-state index contributed by atoms with van der Waals surface area (Å²) in [6.07, 6.45) is 6.47. The molecular weight excluding hydrogens is 598 g/mol. The first-order chi connectivity index (χ1) is 22.4. The molecule has 0 spiro atoms. The van der Waals surface area contributed by atoms with Gasteiger partial charge in [0.05, 0.1) is 16.6 Å². The molecule has 1 saturated carbocycles. The highest BCUT2D eigenvalue weighted by Crippen LogP contribution is 2.42. The first-order valence-electron chi connectivity index (χ1n) is 15.3. The van der Waals surface area contributed by atoms with Gasteiger partial charge in [0, 0.05) is 43.7 Å². The zero-order chi connectivity index (χ0) is 31.7. The highest BCUT2D eigenvalue weighted by Gasteiger charge is 2.43. The van der Waals surface area contributed by atoms with Gasteiger partial charge in [-0.25, -0.2) is 9.88 Å². The number of ketones is 2. The fraction of sp³-hybridized carbons (Fsp3) is 0.189. The number of hydrogen-bond acceptors (Lipinski definition) is 7. The number of carbonyl (C=O) groups excluding carboxylic acids is 4. The molecule has 4 aromatic carbocycles. The van der Waals surface area contributed by atoms with Crippen molar-refractivity contribution in [3.63, 3.8) is 0 Å². The summed E-state index contributed by atoms with van der Waals surface area (Å²) in [5.41, 5.74) is 2.49. The van der Waals surface area contributed by atoms with Crippen LogP contribution in [0, 0.1) is 0 Å². The molecule has 2 amide bonds. The summed E-state index contributed by atoms with van der Waals surface area (Å²) in [5.74, 6) is -2.36. The van der Waals surface area contributed by atoms with Crippen LogP contribution >= 0.6 is 11.8 Å². The summed E-state index contributed by atoms with van der Waals surface area (Å²) in [5, 5.41) is 0.932. The number of rotatable bonds is 6. The molecule has 2 aliphatic carbocycles. The minimum atomic E-state index is -1.37. The summed E-state index contributed by atoms with van der Waals surface area (Å²) in [6, 6.07) is 19.0. The van der Waals surface area contributed by atoms with E-state index < -0.39 is 34.9 Å². The van der Waals surface area contributed by atoms with Gasteiger partial charge in [-0.2, -0.15) is 0 Å². The fourth-order valence-electron chi connectivity index (χ4n) is 7.18. The number of Topliss-reactive ketones (excluding diaryl/α,β-unsaturated/α-hetero) is 2. The molecule has 9 heteroatoms. The van der Waals surface area contributed by atoms with Gasteiger partial charge in [0.2, 0.25) is 0 Å². The topological polar surface area (TPSA) is 117 Å². The van der Waals surface area contributed by atoms with E-state index in [4.69, 9.17) is 0 Å². The van der Waals surface area contributed by atoms with E-state index >= 15 is 0 Å². The van der Waals surface area contributed by atoms with E-state index in [9.17, 15) is 24.0 Å². The summed E-state index contributed by atoms with van der Waals surface area (Å²) in [6.45, 7) is 3.72. The Labute approximate surface area is 267 Å². The molecule has 0 saturated heterocycles. The number of nitrogens with zero attached hydrogens (tertiary/aromatic N) is 2. The lowest BCUT2D eigenvalue weighted by Gasteiger charge is -2.30. The quantitative estimate of drug-likeness (QED) is 0.0937. The minimum absolute atomic E-state index is 0.0441. The van der Waals surface area contributed by atoms with E-state index in [0.717, 1.165) is 22.6 Å². The van der Waals surface area contributed by atoms with Crippen molar-refractivity contribution in [1.29, 1.82) is 0 Å². The Balaban J connectivity index is 1.18. The second kappa shape index (κ2) is 10.7. The van der Waals surface area contributed by atoms with Crippen LogP contribution in [0.5, 0.6) is 0 Å². The SMILES string of the molecule is C=CCSc1ccc2nc(C3C(=O)c4ccc5c6c(ccc(c46)C3=O)C(=O)N(c3ccc(C4CCCC4)cc3)C5=O)[nH]c(=O)c2c1. The Morgan fingerprint density at radius 2 is 1.41 bits per heavy atom. The number of aromatic nitrogens is 2. The Bertz CT molecular complexity index is 2180. The molecule has 5 aromatic rings. The van der Waals surface area contributed by atoms with Crippen molar-refractivity contribution in [3.05, 3.63) is 123 Å². The minimum Gasteiger partial charge on any atom is -0.309 e. The molecule has 0 bridgehead atoms. The number of nitrogens with one attached hydrogen (secondary N) is 1. The van der Waals surface area contributed by atoms with Gasteiger partial charge in [-0.3, -0.25) is 24.0 Å². The van der Waals surface area contributed by atoms with Crippen LogP contribution in [0.4, 0.5) is 5.69 Å². The number of fused-ring (bicyclic) bond motifs is 1. The molecular formula is C37H27N3O5S. The maximum atomic E-state index is 14.0. The standard InChI is InChI=1S/C37H27N3O5S/c1-2-17-46-22-11-16-28-27(18-22)35(43)39-34(38-28)31-32(41)23-12-14-25-30-26(15-13-24(29(23)30)33(31)42)37(45)40(36(25)44)21-9-7-20(8-10-21)19-5-3-4-6-19/h2,7-16,18-19,31H,1,3-6,17H2,(H,38,39,43). The van der Waals surface area contributed by atoms with Gasteiger partial charge in [0.15, 0.2) is 11.6 Å². The molecule has 0 radical (unpaired) electrons. The van der Waals surface area contributed by atoms with Crippen LogP contribution in [0.15, 0.2) is 89.1 Å². The predicted molar refractivity (Wildman–Crippen MR) is 177 cm³/mol. The lowest BCUT2D eigenvalue weighted by atomic mass is 9.76. The number of carbonyl (C=O) groups is 4. The van der Waals surface area contributed by atoms with Crippen LogP contribution in [-0.4, -0.2) is 39.1 Å². The maximum Gasteiger partial charge on any atom is 0.265 e. The normalized spacial score (nSPS) is 16.7. The van der Waals surface area contributed by atoms with Crippen LogP contribution in [0.2, 0.25) is 0 Å². The first kappa shape index (κ1) is 28.3. The molecule has 8 nitrogen and oxygen atoms in total. The zero-order valence-corrected chi connectivity index (χ0v) is 25.5. The number of hydrogen-bond donors (Lipinski definition) is 1. The van der Waals surface area contributed by atoms with E-state index in [1.54, 1.807) is 30.3 Å². The van der Waals surface area contributed by atoms with Gasteiger partial charge in [0.1, 0.15) is 11.7 Å². The van der Waals surface area contributed by atoms with E-state index in [1.165, 1.54) is 42.3 Å². The van der Waals surface area contributed by atoms with Crippen molar-refractivity contribution in [2.75, 3.05) is 10.7 Å². The van der Waals surface area contributed by atoms with E-state index in [2.05, 4.69) is 16.5 Å². The first-order valence-corrected chi connectivity index (χ1v) is 16.3. The van der Waals surface area contributed by atoms with E-state index in [1.807, 2.05) is 30.3 Å². The van der Waals surface area contributed by atoms with Gasteiger partial charge >= 0.3 is 0 Å². The average molecular weight is 626 g/mol. The third kappa shape index (κ3) is 4.22. The van der Waals surface area contributed by atoms with E-state index in [0.29, 0.717) is 33.6 Å². The third-order valence-electron chi connectivity index (χ3n) is 9.40. The van der Waals surface area contributed by atoms with Gasteiger partial charge in [-0.05, 0) is 78.9 Å². The largest absolute Gasteiger partial charge is 0.309 e. The van der Waals surface area contributed by atoms with Crippen molar-refractivity contribution >= 4 is 62.5 Å². The number of benzene rings is 4. The lowest BCUT2D eigenvalue weighted by molar-refractivity contribution is 0.0843. The monoisotopic (exact) mass is 625 g/mol. The van der Waals surface area contributed by atoms with Gasteiger partial charge in [-0.15, -0.1) is 18.3 Å². The van der Waals surface area contributed by atoms with Gasteiger partial charge in [0.25, 0.3) is 17.4 Å². The van der Waals surface area contributed by atoms with Crippen LogP contribution in [0.3, 0.4) is 0 Å². The molecule has 1 fully saturated rings. The molecule has 1 N–H and O–H groups in total. The van der Waals surface area contributed by atoms with Crippen molar-refractivity contribution in [1.82, 2.24) is 9.97 Å². The highest BCUT2D eigenvalue weighted by molar-refractivity contribution is 7.99. The van der Waals surface area contributed by atoms with Gasteiger partial charge in [-0.1, -0.05) is 31.1 Å². The Kier molecular flexibility index (Phi) is 6.61. The molecule has 1 aromatic heterocycles. The Morgan fingerprint density at radius 3 is 2.04 bits per heavy atom. The summed E-state index contributed by atoms with van der Waals surface area (Å²) in [4.78, 5) is 78.1. The van der Waals surface area contributed by atoms with Crippen LogP contribution in [-0.2, 0) is 0 Å². The maximum absolute atomic E-state index is 14.0. The number of anilines is 1. The summed E-state index contributed by atoms with van der Waals surface area (Å²) in [7, 11) is 0. The van der Waals surface area contributed by atoms with Crippen molar-refractivity contribution < 1.29 is 19.2 Å². The molecule has 46 heavy (non-hydrogen) atoms. The summed E-state index contributed by atoms with van der Waals surface area (Å²) >= 11 is 1.52. The second-order valence-corrected chi connectivity index (χ2v) is 13.1. The highest BCUT2D eigenvalue weighted by atomic mass is 32.2. The van der Waals surface area contributed by atoms with Crippen molar-refractivity contribution in [3.8, 4) is 0 Å². The fourth-order valence-corrected chi connectivity index (χ4v) is 7.86. The molecule has 2 heterocycles. The Hall–Kier alpha value is -5.15. The zero-order valence-electron chi connectivity index (χ0n) is 24.7. The summed E-state index contributed by atoms with van der Waals surface area (Å²) < 4.78 is 0. The molecule has 8 rings (SSSR count). The van der Waals surface area contributed by atoms with Crippen LogP contribution in [0.1, 0.15) is 90.3 Å². The number of amides is 2. The lowest BCUT2D eigenvalue weighted by Crippen LogP contribution is -2.41. The van der Waals surface area contributed by atoms with Crippen molar-refractivity contribution in [2.24, 2.45) is 0 Å². The number of thioether (sulfide) groups is 1. The molecule has 226 valence electrons. The van der Waals surface area contributed by atoms with E-state index in [-0.39, 0.29) is 33.5 Å². The van der Waals surface area contributed by atoms with Crippen LogP contribution < -0.4 is 10.5 Å². The number of H-pyrrole nitrogens is 1. The Morgan fingerprint density at radius 1 is 0.804 bits per heavy atom. The molecule has 0 atom stereocenters. The number of aromatic amines is 1. The second-order valence-electron chi connectivity index (χ2n) is 12.0. The predicted octanol–water partition coefficient (Wildman–Crippen LogP) is 6.98. The smallest absolute Gasteiger partial charge is 0.265 e. The van der Waals surface area contributed by atoms with Gasteiger partial charge < -0.3 is 4.98 Å². The number of imide groups is 1. The van der Waals surface area contributed by atoms with Crippen LogP contribution in [0.25, 0.3) is 21.7 Å². The molecule has 0 unspecified atom stereocenters. The molecule has 3 aliphatic rings. The molecule has 1 aliphatic heterocycles. The third-order valence-corrected chi connectivity index (χ3v) is 10.4.